The summed E-state index contributed by atoms with van der Waals surface area (Å²) < 4.78 is 23.7. The molecule has 0 saturated heterocycles. The first-order valence-corrected chi connectivity index (χ1v) is 7.50. The number of carbonyl (C=O) groups is 2. The first-order valence-electron chi connectivity index (χ1n) is 7.50. The molecule has 140 valence electrons. The van der Waals surface area contributed by atoms with E-state index in [2.05, 4.69) is 5.32 Å². The summed E-state index contributed by atoms with van der Waals surface area (Å²) in [7, 11) is 3.23. The summed E-state index contributed by atoms with van der Waals surface area (Å²) in [5.41, 5.74) is 1.91. The molecule has 2 aromatic carbocycles. The van der Waals surface area contributed by atoms with E-state index in [0.29, 0.717) is 18.8 Å². The average molecular weight is 365 g/mol. The van der Waals surface area contributed by atoms with Crippen LogP contribution in [0.3, 0.4) is 0 Å². The Bertz CT molecular complexity index is 738. The molecule has 0 heterocycles. The second-order valence-electron chi connectivity index (χ2n) is 5.00. The fourth-order valence-electron chi connectivity index (χ4n) is 2.08. The Hall–Kier alpha value is -3.13. The van der Waals surface area contributed by atoms with Crippen molar-refractivity contribution in [3.63, 3.8) is 0 Å². The van der Waals surface area contributed by atoms with Gasteiger partial charge in [-0.2, -0.15) is 0 Å². The molecule has 0 amide bonds. The van der Waals surface area contributed by atoms with Crippen molar-refractivity contribution >= 4 is 11.9 Å². The van der Waals surface area contributed by atoms with Gasteiger partial charge in [0.15, 0.2) is 11.5 Å². The Morgan fingerprint density at radius 1 is 1.00 bits per heavy atom. The van der Waals surface area contributed by atoms with Crippen LogP contribution in [0.25, 0.3) is 0 Å². The van der Waals surface area contributed by atoms with Crippen LogP contribution in [-0.2, 0) is 22.7 Å². The van der Waals surface area contributed by atoms with Gasteiger partial charge in [0, 0.05) is 18.7 Å². The molecule has 0 fully saturated rings. The SMILES string of the molecule is COc1cccc(CNCc2cccc(F)c2)c1OC.O=C(O)C(=O)O. The summed E-state index contributed by atoms with van der Waals surface area (Å²) in [6, 6.07) is 12.3. The fraction of sp³-hybridized carbons (Fsp3) is 0.222. The van der Waals surface area contributed by atoms with Crippen molar-refractivity contribution in [2.24, 2.45) is 0 Å². The molecule has 0 radical (unpaired) electrons. The summed E-state index contributed by atoms with van der Waals surface area (Å²) >= 11 is 0. The van der Waals surface area contributed by atoms with Crippen molar-refractivity contribution in [3.8, 4) is 11.5 Å². The monoisotopic (exact) mass is 365 g/mol. The molecule has 0 unspecified atom stereocenters. The van der Waals surface area contributed by atoms with E-state index < -0.39 is 11.9 Å². The highest BCUT2D eigenvalue weighted by atomic mass is 19.1. The van der Waals surface area contributed by atoms with Gasteiger partial charge in [-0.3, -0.25) is 0 Å². The zero-order valence-corrected chi connectivity index (χ0v) is 14.4. The summed E-state index contributed by atoms with van der Waals surface area (Å²) in [5, 5.41) is 18.1. The number of benzene rings is 2. The molecule has 2 aromatic rings. The maximum atomic E-state index is 13.1. The van der Waals surface area contributed by atoms with E-state index in [9.17, 15) is 4.39 Å². The van der Waals surface area contributed by atoms with Crippen molar-refractivity contribution < 1.29 is 33.7 Å². The van der Waals surface area contributed by atoms with E-state index in [1.807, 2.05) is 24.3 Å². The van der Waals surface area contributed by atoms with Crippen LogP contribution in [0.15, 0.2) is 42.5 Å². The van der Waals surface area contributed by atoms with Gasteiger partial charge in [0.05, 0.1) is 14.2 Å². The Labute approximate surface area is 150 Å². The van der Waals surface area contributed by atoms with E-state index in [4.69, 9.17) is 29.3 Å². The van der Waals surface area contributed by atoms with Crippen molar-refractivity contribution in [2.75, 3.05) is 14.2 Å². The molecule has 0 aromatic heterocycles. The van der Waals surface area contributed by atoms with Crippen molar-refractivity contribution in [3.05, 3.63) is 59.4 Å². The molecule has 0 aliphatic heterocycles. The van der Waals surface area contributed by atoms with Crippen LogP contribution in [0.4, 0.5) is 4.39 Å². The Kier molecular flexibility index (Phi) is 8.59. The largest absolute Gasteiger partial charge is 0.493 e. The molecule has 8 heteroatoms. The Morgan fingerprint density at radius 2 is 1.65 bits per heavy atom. The molecule has 0 bridgehead atoms. The Morgan fingerprint density at radius 3 is 2.19 bits per heavy atom. The van der Waals surface area contributed by atoms with Crippen LogP contribution in [0.1, 0.15) is 11.1 Å². The predicted molar refractivity (Wildman–Crippen MR) is 91.8 cm³/mol. The number of nitrogens with one attached hydrogen (secondary N) is 1. The third kappa shape index (κ3) is 6.78. The topological polar surface area (TPSA) is 105 Å². The lowest BCUT2D eigenvalue weighted by atomic mass is 10.1. The summed E-state index contributed by atoms with van der Waals surface area (Å²) in [4.78, 5) is 18.2. The van der Waals surface area contributed by atoms with Gasteiger partial charge in [0.25, 0.3) is 0 Å². The number of para-hydroxylation sites is 1. The standard InChI is InChI=1S/C16H18FNO2.C2H2O4/c1-19-15-8-4-6-13(16(15)20-2)11-18-10-12-5-3-7-14(17)9-12;3-1(4)2(5)6/h3-9,18H,10-11H2,1-2H3;(H,3,4)(H,5,6). The number of methoxy groups -OCH3 is 2. The number of rotatable bonds is 6. The van der Waals surface area contributed by atoms with Crippen LogP contribution in [-0.4, -0.2) is 36.4 Å². The fourth-order valence-corrected chi connectivity index (χ4v) is 2.08. The maximum Gasteiger partial charge on any atom is 0.414 e. The van der Waals surface area contributed by atoms with E-state index >= 15 is 0 Å². The molecule has 26 heavy (non-hydrogen) atoms. The molecule has 2 rings (SSSR count). The normalized spacial score (nSPS) is 9.65. The first kappa shape index (κ1) is 20.9. The predicted octanol–water partition coefficient (Wildman–Crippen LogP) is 2.29. The van der Waals surface area contributed by atoms with Crippen LogP contribution >= 0.6 is 0 Å². The molecule has 0 saturated carbocycles. The smallest absolute Gasteiger partial charge is 0.414 e. The molecule has 0 spiro atoms. The molecule has 0 aliphatic rings. The lowest BCUT2D eigenvalue weighted by Gasteiger charge is -2.13. The highest BCUT2D eigenvalue weighted by Crippen LogP contribution is 2.30. The van der Waals surface area contributed by atoms with E-state index in [-0.39, 0.29) is 5.82 Å². The number of ether oxygens (including phenoxy) is 2. The van der Waals surface area contributed by atoms with Crippen LogP contribution < -0.4 is 14.8 Å². The van der Waals surface area contributed by atoms with Crippen molar-refractivity contribution in [1.82, 2.24) is 5.32 Å². The number of hydrogen-bond donors (Lipinski definition) is 3. The van der Waals surface area contributed by atoms with Gasteiger partial charge < -0.3 is 25.0 Å². The van der Waals surface area contributed by atoms with Gasteiger partial charge in [-0.15, -0.1) is 0 Å². The maximum absolute atomic E-state index is 13.1. The number of carboxylic acid groups (broad SMARTS) is 2. The molecule has 0 aliphatic carbocycles. The van der Waals surface area contributed by atoms with Gasteiger partial charge in [-0.1, -0.05) is 24.3 Å². The molecule has 7 nitrogen and oxygen atoms in total. The van der Waals surface area contributed by atoms with Gasteiger partial charge in [-0.25, -0.2) is 14.0 Å². The zero-order valence-electron chi connectivity index (χ0n) is 14.4. The molecular formula is C18H20FNO6. The number of aliphatic carboxylic acids is 2. The van der Waals surface area contributed by atoms with Crippen molar-refractivity contribution in [2.45, 2.75) is 13.1 Å². The highest BCUT2D eigenvalue weighted by molar-refractivity contribution is 6.27. The van der Waals surface area contributed by atoms with Crippen LogP contribution in [0.2, 0.25) is 0 Å². The number of halogens is 1. The van der Waals surface area contributed by atoms with Gasteiger partial charge in [0.2, 0.25) is 0 Å². The van der Waals surface area contributed by atoms with Gasteiger partial charge >= 0.3 is 11.9 Å². The second-order valence-corrected chi connectivity index (χ2v) is 5.00. The molecule has 0 atom stereocenters. The van der Waals surface area contributed by atoms with Crippen molar-refractivity contribution in [1.29, 1.82) is 0 Å². The molecule has 3 N–H and O–H groups in total. The minimum absolute atomic E-state index is 0.219. The average Bonchev–Trinajstić information content (AvgIpc) is 2.62. The van der Waals surface area contributed by atoms with E-state index in [1.165, 1.54) is 12.1 Å². The number of hydrogen-bond acceptors (Lipinski definition) is 5. The minimum Gasteiger partial charge on any atom is -0.493 e. The quantitative estimate of drug-likeness (QED) is 0.675. The van der Waals surface area contributed by atoms with Crippen LogP contribution in [0.5, 0.6) is 11.5 Å². The third-order valence-corrected chi connectivity index (χ3v) is 3.20. The lowest BCUT2D eigenvalue weighted by Crippen LogP contribution is -2.13. The first-order chi connectivity index (χ1) is 12.4. The Balaban J connectivity index is 0.000000487. The summed E-state index contributed by atoms with van der Waals surface area (Å²) in [6.07, 6.45) is 0. The van der Waals surface area contributed by atoms with Crippen LogP contribution in [0, 0.1) is 5.82 Å². The number of carboxylic acids is 2. The minimum atomic E-state index is -1.82. The second kappa shape index (κ2) is 10.7. The van der Waals surface area contributed by atoms with E-state index in [1.54, 1.807) is 20.3 Å². The highest BCUT2D eigenvalue weighted by Gasteiger charge is 2.08. The summed E-state index contributed by atoms with van der Waals surface area (Å²) in [6.45, 7) is 1.22. The van der Waals surface area contributed by atoms with Gasteiger partial charge in [-0.05, 0) is 23.8 Å². The molecular weight excluding hydrogens is 345 g/mol. The summed E-state index contributed by atoms with van der Waals surface area (Å²) in [5.74, 6) is -2.44. The zero-order chi connectivity index (χ0) is 19.5. The lowest BCUT2D eigenvalue weighted by molar-refractivity contribution is -0.159. The van der Waals surface area contributed by atoms with Gasteiger partial charge in [0.1, 0.15) is 5.82 Å². The third-order valence-electron chi connectivity index (χ3n) is 3.20. The van der Waals surface area contributed by atoms with E-state index in [0.717, 1.165) is 16.9 Å².